The summed E-state index contributed by atoms with van der Waals surface area (Å²) in [6.07, 6.45) is 0. The molecule has 0 spiro atoms. The Kier molecular flexibility index (Phi) is 5.07. The number of ether oxygens (including phenoxy) is 1. The van der Waals surface area contributed by atoms with Crippen molar-refractivity contribution in [3.63, 3.8) is 0 Å². The molecular weight excluding hydrogens is 402 g/mol. The van der Waals surface area contributed by atoms with E-state index in [-0.39, 0.29) is 6.61 Å². The number of para-hydroxylation sites is 1. The first-order valence-corrected chi connectivity index (χ1v) is 10.5. The molecule has 0 radical (unpaired) electrons. The molecule has 2 aromatic heterocycles. The van der Waals surface area contributed by atoms with E-state index >= 15 is 0 Å². The van der Waals surface area contributed by atoms with Crippen molar-refractivity contribution in [1.29, 1.82) is 0 Å². The van der Waals surface area contributed by atoms with Gasteiger partial charge in [-0.1, -0.05) is 72.8 Å². The van der Waals surface area contributed by atoms with Crippen molar-refractivity contribution in [2.24, 2.45) is 0 Å². The lowest BCUT2D eigenvalue weighted by Crippen LogP contribution is -2.14. The second kappa shape index (κ2) is 8.19. The first-order chi connectivity index (χ1) is 15.7. The van der Waals surface area contributed by atoms with Gasteiger partial charge in [-0.25, -0.2) is 9.59 Å². The van der Waals surface area contributed by atoms with Crippen LogP contribution in [-0.2, 0) is 11.3 Å². The third-order valence-electron chi connectivity index (χ3n) is 5.53. The SMILES string of the molecule is CCOC(=O)c1c(-c2ccccc2)c2c(=O)oc3ccccc3c2n1Cc1ccccc1. The minimum absolute atomic E-state index is 0.231. The number of esters is 1. The molecule has 0 aliphatic carbocycles. The predicted molar refractivity (Wildman–Crippen MR) is 125 cm³/mol. The molecule has 32 heavy (non-hydrogen) atoms. The number of carbonyl (C=O) groups is 1. The highest BCUT2D eigenvalue weighted by Gasteiger charge is 2.29. The smallest absolute Gasteiger partial charge is 0.355 e. The summed E-state index contributed by atoms with van der Waals surface area (Å²) in [5.74, 6) is -0.470. The maximum Gasteiger partial charge on any atom is 0.355 e. The summed E-state index contributed by atoms with van der Waals surface area (Å²) < 4.78 is 13.0. The van der Waals surface area contributed by atoms with Crippen molar-refractivity contribution in [1.82, 2.24) is 4.57 Å². The summed E-state index contributed by atoms with van der Waals surface area (Å²) in [5.41, 5.74) is 3.32. The van der Waals surface area contributed by atoms with E-state index in [9.17, 15) is 9.59 Å². The zero-order chi connectivity index (χ0) is 22.1. The van der Waals surface area contributed by atoms with Crippen molar-refractivity contribution < 1.29 is 13.9 Å². The largest absolute Gasteiger partial charge is 0.461 e. The molecule has 158 valence electrons. The van der Waals surface area contributed by atoms with E-state index in [1.54, 1.807) is 13.0 Å². The van der Waals surface area contributed by atoms with Crippen molar-refractivity contribution in [2.75, 3.05) is 6.61 Å². The van der Waals surface area contributed by atoms with Crippen LogP contribution in [0.15, 0.2) is 94.1 Å². The molecule has 3 aromatic carbocycles. The van der Waals surface area contributed by atoms with Crippen LogP contribution < -0.4 is 5.63 Å². The predicted octanol–water partition coefficient (Wildman–Crippen LogP) is 5.64. The maximum atomic E-state index is 13.3. The minimum atomic E-state index is -0.477. The third kappa shape index (κ3) is 3.28. The molecule has 5 nitrogen and oxygen atoms in total. The fourth-order valence-corrected chi connectivity index (χ4v) is 4.22. The number of fused-ring (bicyclic) bond motifs is 3. The van der Waals surface area contributed by atoms with E-state index in [1.807, 2.05) is 83.4 Å². The van der Waals surface area contributed by atoms with Crippen LogP contribution in [0.1, 0.15) is 23.0 Å². The van der Waals surface area contributed by atoms with Crippen molar-refractivity contribution in [2.45, 2.75) is 13.5 Å². The molecule has 2 heterocycles. The van der Waals surface area contributed by atoms with Crippen LogP contribution in [0.5, 0.6) is 0 Å². The monoisotopic (exact) mass is 423 g/mol. The summed E-state index contributed by atoms with van der Waals surface area (Å²) >= 11 is 0. The van der Waals surface area contributed by atoms with E-state index in [4.69, 9.17) is 9.15 Å². The van der Waals surface area contributed by atoms with E-state index in [0.717, 1.165) is 16.5 Å². The van der Waals surface area contributed by atoms with Gasteiger partial charge in [0.2, 0.25) is 0 Å². The molecule has 5 aromatic rings. The zero-order valence-corrected chi connectivity index (χ0v) is 17.6. The van der Waals surface area contributed by atoms with Gasteiger partial charge in [-0.15, -0.1) is 0 Å². The number of nitrogens with zero attached hydrogens (tertiary/aromatic N) is 1. The lowest BCUT2D eigenvalue weighted by atomic mass is 10.0. The molecule has 5 heteroatoms. The molecule has 0 atom stereocenters. The Morgan fingerprint density at radius 1 is 0.906 bits per heavy atom. The Labute approximate surface area is 184 Å². The summed E-state index contributed by atoms with van der Waals surface area (Å²) in [6.45, 7) is 2.41. The second-order valence-corrected chi connectivity index (χ2v) is 7.49. The van der Waals surface area contributed by atoms with E-state index in [0.29, 0.717) is 34.3 Å². The fraction of sp³-hybridized carbons (Fsp3) is 0.111. The highest BCUT2D eigenvalue weighted by molar-refractivity contribution is 6.14. The maximum absolute atomic E-state index is 13.3. The van der Waals surface area contributed by atoms with Gasteiger partial charge in [0, 0.05) is 17.5 Å². The first kappa shape index (κ1) is 19.8. The number of hydrogen-bond donors (Lipinski definition) is 0. The van der Waals surface area contributed by atoms with Gasteiger partial charge in [0.05, 0.1) is 17.5 Å². The Morgan fingerprint density at radius 3 is 2.28 bits per heavy atom. The molecule has 0 saturated heterocycles. The van der Waals surface area contributed by atoms with Crippen LogP contribution in [0, 0.1) is 0 Å². The van der Waals surface area contributed by atoms with Gasteiger partial charge >= 0.3 is 11.6 Å². The van der Waals surface area contributed by atoms with Gasteiger partial charge in [-0.3, -0.25) is 0 Å². The Morgan fingerprint density at radius 2 is 1.56 bits per heavy atom. The molecule has 0 bridgehead atoms. The molecule has 0 saturated carbocycles. The number of hydrogen-bond acceptors (Lipinski definition) is 4. The molecule has 0 N–H and O–H groups in total. The van der Waals surface area contributed by atoms with Gasteiger partial charge in [0.25, 0.3) is 0 Å². The summed E-state index contributed by atoms with van der Waals surface area (Å²) in [7, 11) is 0. The zero-order valence-electron chi connectivity index (χ0n) is 17.6. The number of aromatic nitrogens is 1. The van der Waals surface area contributed by atoms with Crippen molar-refractivity contribution in [3.05, 3.63) is 107 Å². The average molecular weight is 423 g/mol. The fourth-order valence-electron chi connectivity index (χ4n) is 4.22. The van der Waals surface area contributed by atoms with Gasteiger partial charge < -0.3 is 13.7 Å². The molecule has 5 rings (SSSR count). The standard InChI is InChI=1S/C27H21NO4/c1-2-31-27(30)25-22(19-13-7-4-8-14-19)23-24(28(25)17-18-11-5-3-6-12-18)20-15-9-10-16-21(20)32-26(23)29/h3-16H,2,17H2,1H3. The molecule has 0 amide bonds. The van der Waals surface area contributed by atoms with Crippen LogP contribution in [0.25, 0.3) is 33.0 Å². The molecule has 0 fully saturated rings. The molecule has 0 unspecified atom stereocenters. The average Bonchev–Trinajstić information content (AvgIpc) is 3.16. The topological polar surface area (TPSA) is 61.4 Å². The van der Waals surface area contributed by atoms with Crippen LogP contribution in [0.3, 0.4) is 0 Å². The van der Waals surface area contributed by atoms with Crippen LogP contribution >= 0.6 is 0 Å². The lowest BCUT2D eigenvalue weighted by molar-refractivity contribution is 0.0516. The van der Waals surface area contributed by atoms with Gasteiger partial charge in [-0.05, 0) is 30.2 Å². The molecular formula is C27H21NO4. The highest BCUT2D eigenvalue weighted by Crippen LogP contribution is 2.37. The normalized spacial score (nSPS) is 11.2. The number of carbonyl (C=O) groups excluding carboxylic acids is 1. The van der Waals surface area contributed by atoms with Crippen LogP contribution in [-0.4, -0.2) is 17.1 Å². The Bertz CT molecular complexity index is 1480. The minimum Gasteiger partial charge on any atom is -0.461 e. The van der Waals surface area contributed by atoms with Crippen molar-refractivity contribution in [3.8, 4) is 11.1 Å². The van der Waals surface area contributed by atoms with E-state index < -0.39 is 11.6 Å². The number of benzene rings is 3. The molecule has 0 aliphatic rings. The highest BCUT2D eigenvalue weighted by atomic mass is 16.5. The van der Waals surface area contributed by atoms with Crippen molar-refractivity contribution >= 4 is 27.8 Å². The van der Waals surface area contributed by atoms with E-state index in [1.165, 1.54) is 0 Å². The van der Waals surface area contributed by atoms with Gasteiger partial charge in [0.15, 0.2) is 0 Å². The van der Waals surface area contributed by atoms with E-state index in [2.05, 4.69) is 0 Å². The third-order valence-corrected chi connectivity index (χ3v) is 5.53. The Hall–Kier alpha value is -4.12. The Balaban J connectivity index is 1.97. The lowest BCUT2D eigenvalue weighted by Gasteiger charge is -2.12. The quantitative estimate of drug-likeness (QED) is 0.271. The summed E-state index contributed by atoms with van der Waals surface area (Å²) in [6, 6.07) is 26.7. The second-order valence-electron chi connectivity index (χ2n) is 7.49. The molecule has 0 aliphatic heterocycles. The van der Waals surface area contributed by atoms with Crippen LogP contribution in [0.4, 0.5) is 0 Å². The van der Waals surface area contributed by atoms with Gasteiger partial charge in [0.1, 0.15) is 11.3 Å². The van der Waals surface area contributed by atoms with Crippen LogP contribution in [0.2, 0.25) is 0 Å². The summed E-state index contributed by atoms with van der Waals surface area (Å²) in [5, 5.41) is 1.15. The first-order valence-electron chi connectivity index (χ1n) is 10.5. The summed E-state index contributed by atoms with van der Waals surface area (Å²) in [4.78, 5) is 26.5. The van der Waals surface area contributed by atoms with Gasteiger partial charge in [-0.2, -0.15) is 0 Å². The number of rotatable bonds is 5.